The zero-order valence-electron chi connectivity index (χ0n) is 18.7. The van der Waals surface area contributed by atoms with Gasteiger partial charge in [-0.2, -0.15) is 18.2 Å². The van der Waals surface area contributed by atoms with E-state index in [-0.39, 0.29) is 7.92 Å². The molecule has 0 spiro atoms. The SMILES string of the molecule is CC(C)P(c1cc2ccccc2[cH-]1)C(C)C.Cc1ccc(C)c2[cH-]ccc12.[Cl][Ti][Cl]. The summed E-state index contributed by atoms with van der Waals surface area (Å²) in [6, 6.07) is 24.3. The fraction of sp³-hybridized carbons (Fsp3) is 0.308. The van der Waals surface area contributed by atoms with Crippen LogP contribution in [0.3, 0.4) is 0 Å². The van der Waals surface area contributed by atoms with Gasteiger partial charge < -0.3 is 0 Å². The average Bonchev–Trinajstić information content (AvgIpc) is 3.33. The Morgan fingerprint density at radius 1 is 0.867 bits per heavy atom. The van der Waals surface area contributed by atoms with Crippen molar-refractivity contribution in [1.29, 1.82) is 0 Å². The first-order valence-electron chi connectivity index (χ1n) is 10.3. The van der Waals surface area contributed by atoms with Crippen LogP contribution in [0.1, 0.15) is 38.8 Å². The summed E-state index contributed by atoms with van der Waals surface area (Å²) in [4.78, 5) is 0. The molecule has 0 aliphatic carbocycles. The van der Waals surface area contributed by atoms with Gasteiger partial charge in [0.25, 0.3) is 0 Å². The van der Waals surface area contributed by atoms with Crippen molar-refractivity contribution in [2.24, 2.45) is 0 Å². The van der Waals surface area contributed by atoms with Gasteiger partial charge in [-0.1, -0.05) is 60.2 Å². The molecule has 160 valence electrons. The third-order valence-corrected chi connectivity index (χ3v) is 8.34. The number of rotatable bonds is 3. The van der Waals surface area contributed by atoms with Gasteiger partial charge in [-0.05, 0) is 18.2 Å². The molecule has 0 aliphatic heterocycles. The van der Waals surface area contributed by atoms with Crippen molar-refractivity contribution < 1.29 is 17.0 Å². The van der Waals surface area contributed by atoms with E-state index in [0.29, 0.717) is 0 Å². The van der Waals surface area contributed by atoms with Crippen molar-refractivity contribution in [3.8, 4) is 0 Å². The molecule has 0 aliphatic rings. The molecular weight excluding hydrogens is 462 g/mol. The molecule has 4 aromatic carbocycles. The zero-order valence-corrected chi connectivity index (χ0v) is 22.7. The minimum absolute atomic E-state index is 0.0206. The van der Waals surface area contributed by atoms with Crippen molar-refractivity contribution in [3.63, 3.8) is 0 Å². The molecule has 0 amide bonds. The van der Waals surface area contributed by atoms with Gasteiger partial charge in [0.15, 0.2) is 0 Å². The molecule has 0 saturated carbocycles. The van der Waals surface area contributed by atoms with Crippen molar-refractivity contribution in [1.82, 2.24) is 0 Å². The van der Waals surface area contributed by atoms with E-state index in [0.717, 1.165) is 11.3 Å². The molecule has 0 fully saturated rings. The van der Waals surface area contributed by atoms with Crippen LogP contribution in [0.2, 0.25) is 0 Å². The molecule has 0 aromatic heterocycles. The second kappa shape index (κ2) is 12.4. The van der Waals surface area contributed by atoms with E-state index in [2.05, 4.69) is 108 Å². The maximum atomic E-state index is 4.89. The molecule has 0 radical (unpaired) electrons. The van der Waals surface area contributed by atoms with Gasteiger partial charge >= 0.3 is 35.6 Å². The van der Waals surface area contributed by atoms with Crippen LogP contribution >= 0.6 is 26.5 Å². The molecule has 0 atom stereocenters. The molecule has 4 heteroatoms. The van der Waals surface area contributed by atoms with E-state index in [4.69, 9.17) is 18.6 Å². The molecule has 0 N–H and O–H groups in total. The molecule has 0 nitrogen and oxygen atoms in total. The Balaban J connectivity index is 0.000000198. The fourth-order valence-electron chi connectivity index (χ4n) is 4.01. The summed E-state index contributed by atoms with van der Waals surface area (Å²) < 4.78 is 0. The van der Waals surface area contributed by atoms with E-state index in [1.165, 1.54) is 32.7 Å². The number of aryl methyl sites for hydroxylation is 2. The molecule has 4 rings (SSSR count). The van der Waals surface area contributed by atoms with Crippen molar-refractivity contribution in [3.05, 3.63) is 77.9 Å². The summed E-state index contributed by atoms with van der Waals surface area (Å²) in [6.07, 6.45) is 0. The topological polar surface area (TPSA) is 0 Å². The first-order chi connectivity index (χ1) is 14.3. The predicted molar refractivity (Wildman–Crippen MR) is 137 cm³/mol. The van der Waals surface area contributed by atoms with Gasteiger partial charge in [0, 0.05) is 0 Å². The van der Waals surface area contributed by atoms with Crippen LogP contribution in [-0.2, 0) is 17.0 Å². The van der Waals surface area contributed by atoms with Crippen LogP contribution in [0, 0.1) is 13.8 Å². The Bertz CT molecular complexity index is 968. The van der Waals surface area contributed by atoms with Crippen LogP contribution in [0.15, 0.2) is 66.7 Å². The van der Waals surface area contributed by atoms with E-state index < -0.39 is 17.0 Å². The summed E-state index contributed by atoms with van der Waals surface area (Å²) in [7, 11) is 9.76. The third kappa shape index (κ3) is 6.69. The Morgan fingerprint density at radius 3 is 2.03 bits per heavy atom. The van der Waals surface area contributed by atoms with Crippen molar-refractivity contribution in [2.75, 3.05) is 0 Å². The Kier molecular flexibility index (Phi) is 10.6. The maximum absolute atomic E-state index is 4.89. The van der Waals surface area contributed by atoms with Gasteiger partial charge in [0.2, 0.25) is 0 Å². The first-order valence-corrected chi connectivity index (χ1v) is 16.1. The summed E-state index contributed by atoms with van der Waals surface area (Å²) in [5.74, 6) is 0. The standard InChI is InChI=1S/C15H20P.C11H11.2ClH.Ti/c1-11(2)16(12(3)4)15-9-13-7-5-6-8-14(13)10-15;1-8-6-7-9(2)11-5-3-4-10(8)11;;;/h5-12H,1-4H3;3-7H,1-2H3;2*1H;/q2*-1;;;+2/p-2. The van der Waals surface area contributed by atoms with Gasteiger partial charge in [-0.25, -0.2) is 0 Å². The molecule has 0 heterocycles. The average molecular weight is 493 g/mol. The zero-order chi connectivity index (χ0) is 22.3. The third-order valence-electron chi connectivity index (χ3n) is 5.26. The predicted octanol–water partition coefficient (Wildman–Crippen LogP) is 9.03. The first kappa shape index (κ1) is 25.6. The Labute approximate surface area is 200 Å². The normalized spacial score (nSPS) is 10.9. The van der Waals surface area contributed by atoms with E-state index >= 15 is 0 Å². The number of halogens is 2. The second-order valence-corrected chi connectivity index (χ2v) is 14.0. The second-order valence-electron chi connectivity index (χ2n) is 8.06. The van der Waals surface area contributed by atoms with Crippen LogP contribution < -0.4 is 5.30 Å². The molecule has 0 unspecified atom stereocenters. The minimum atomic E-state index is -0.556. The number of benzene rings is 2. The van der Waals surface area contributed by atoms with Crippen LogP contribution in [0.5, 0.6) is 0 Å². The Hall–Kier alpha value is -0.616. The van der Waals surface area contributed by atoms with Crippen LogP contribution in [0.25, 0.3) is 21.5 Å². The Morgan fingerprint density at radius 2 is 1.47 bits per heavy atom. The summed E-state index contributed by atoms with van der Waals surface area (Å²) >= 11 is -0.556. The quantitative estimate of drug-likeness (QED) is 0.152. The molecular formula is C26H31Cl2PTi-2. The van der Waals surface area contributed by atoms with E-state index in [1.807, 2.05) is 0 Å². The van der Waals surface area contributed by atoms with E-state index in [9.17, 15) is 0 Å². The molecule has 4 aromatic rings. The van der Waals surface area contributed by atoms with Crippen LogP contribution in [0.4, 0.5) is 0 Å². The number of hydrogen-bond donors (Lipinski definition) is 0. The fourth-order valence-corrected chi connectivity index (χ4v) is 6.97. The van der Waals surface area contributed by atoms with Crippen molar-refractivity contribution in [2.45, 2.75) is 52.9 Å². The number of fused-ring (bicyclic) bond motifs is 2. The molecule has 30 heavy (non-hydrogen) atoms. The summed E-state index contributed by atoms with van der Waals surface area (Å²) in [5.41, 5.74) is 4.28. The number of hydrogen-bond acceptors (Lipinski definition) is 0. The summed E-state index contributed by atoms with van der Waals surface area (Å²) in [5, 5.41) is 7.15. The van der Waals surface area contributed by atoms with Gasteiger partial charge in [-0.3, -0.25) is 0 Å². The monoisotopic (exact) mass is 492 g/mol. The molecule has 0 saturated heterocycles. The van der Waals surface area contributed by atoms with Crippen molar-refractivity contribution >= 4 is 53.4 Å². The van der Waals surface area contributed by atoms with E-state index in [1.54, 1.807) is 5.30 Å². The van der Waals surface area contributed by atoms with Gasteiger partial charge in [0.1, 0.15) is 0 Å². The molecule has 0 bridgehead atoms. The van der Waals surface area contributed by atoms with Gasteiger partial charge in [0.05, 0.1) is 0 Å². The van der Waals surface area contributed by atoms with Gasteiger partial charge in [-0.15, -0.1) is 68.8 Å². The summed E-state index contributed by atoms with van der Waals surface area (Å²) in [6.45, 7) is 13.7. The van der Waals surface area contributed by atoms with Crippen LogP contribution in [-0.4, -0.2) is 11.3 Å².